The fraction of sp³-hybridized carbons (Fsp3) is 0.750. The number of fused-ring (bicyclic) bond motifs is 1. The average Bonchev–Trinajstić information content (AvgIpc) is 2.93. The van der Waals surface area contributed by atoms with Crippen LogP contribution in [0.4, 0.5) is 5.13 Å². The monoisotopic (exact) mass is 287 g/mol. The minimum absolute atomic E-state index is 0.0196. The highest BCUT2D eigenvalue weighted by molar-refractivity contribution is 7.16. The number of halogens is 1. The van der Waals surface area contributed by atoms with Crippen LogP contribution in [0.15, 0.2) is 0 Å². The highest BCUT2D eigenvalue weighted by atomic mass is 35.5. The first kappa shape index (κ1) is 12.7. The third-order valence-electron chi connectivity index (χ3n) is 3.96. The molecule has 2 aliphatic rings. The zero-order valence-electron chi connectivity index (χ0n) is 10.5. The molecule has 0 bridgehead atoms. The summed E-state index contributed by atoms with van der Waals surface area (Å²) in [6.07, 6.45) is 2.60. The molecule has 1 aromatic heterocycles. The second-order valence-electron chi connectivity index (χ2n) is 5.16. The molecule has 100 valence electrons. The molecule has 0 radical (unpaired) electrons. The Morgan fingerprint density at radius 3 is 3.06 bits per heavy atom. The van der Waals surface area contributed by atoms with Crippen molar-refractivity contribution in [1.82, 2.24) is 9.88 Å². The number of thiazole rings is 1. The Labute approximate surface area is 116 Å². The Hall–Kier alpha value is -0.360. The summed E-state index contributed by atoms with van der Waals surface area (Å²) in [4.78, 5) is 10.1. The molecule has 2 atom stereocenters. The van der Waals surface area contributed by atoms with Crippen molar-refractivity contribution in [2.24, 2.45) is 0 Å². The van der Waals surface area contributed by atoms with Gasteiger partial charge in [0, 0.05) is 25.2 Å². The van der Waals surface area contributed by atoms with E-state index in [9.17, 15) is 5.11 Å². The summed E-state index contributed by atoms with van der Waals surface area (Å²) in [7, 11) is 0. The van der Waals surface area contributed by atoms with Crippen molar-refractivity contribution >= 4 is 28.1 Å². The first-order valence-corrected chi connectivity index (χ1v) is 7.65. The lowest BCUT2D eigenvalue weighted by Crippen LogP contribution is -2.55. The third-order valence-corrected chi connectivity index (χ3v) is 5.47. The van der Waals surface area contributed by atoms with Crippen LogP contribution in [0.3, 0.4) is 0 Å². The molecule has 4 nitrogen and oxygen atoms in total. The zero-order valence-corrected chi connectivity index (χ0v) is 12.0. The van der Waals surface area contributed by atoms with Crippen LogP contribution in [0.2, 0.25) is 5.15 Å². The Balaban J connectivity index is 1.82. The maximum absolute atomic E-state index is 9.21. The molecule has 1 N–H and O–H groups in total. The predicted molar refractivity (Wildman–Crippen MR) is 74.4 cm³/mol. The van der Waals surface area contributed by atoms with Crippen LogP contribution in [0.5, 0.6) is 0 Å². The highest BCUT2D eigenvalue weighted by Crippen LogP contribution is 2.34. The van der Waals surface area contributed by atoms with Gasteiger partial charge < -0.3 is 10.0 Å². The molecule has 3 heterocycles. The van der Waals surface area contributed by atoms with Crippen LogP contribution < -0.4 is 4.90 Å². The summed E-state index contributed by atoms with van der Waals surface area (Å²) in [6.45, 7) is 5.60. The van der Waals surface area contributed by atoms with Crippen molar-refractivity contribution < 1.29 is 5.11 Å². The lowest BCUT2D eigenvalue weighted by Gasteiger charge is -2.42. The van der Waals surface area contributed by atoms with Gasteiger partial charge in [-0.3, -0.25) is 4.90 Å². The highest BCUT2D eigenvalue weighted by Gasteiger charge is 2.35. The molecular formula is C12H18ClN3OS. The normalized spacial score (nSPS) is 28.7. The van der Waals surface area contributed by atoms with E-state index in [4.69, 9.17) is 11.6 Å². The van der Waals surface area contributed by atoms with Gasteiger partial charge in [-0.15, -0.1) is 0 Å². The van der Waals surface area contributed by atoms with Gasteiger partial charge in [0.05, 0.1) is 11.5 Å². The summed E-state index contributed by atoms with van der Waals surface area (Å²) < 4.78 is 0. The fourth-order valence-electron chi connectivity index (χ4n) is 3.00. The van der Waals surface area contributed by atoms with E-state index in [-0.39, 0.29) is 6.61 Å². The summed E-state index contributed by atoms with van der Waals surface area (Å²) in [6, 6.07) is 1.13. The number of rotatable bonds is 2. The average molecular weight is 288 g/mol. The summed E-state index contributed by atoms with van der Waals surface area (Å²) in [5.41, 5.74) is 0. The maximum Gasteiger partial charge on any atom is 0.187 e. The molecule has 6 heteroatoms. The number of aliphatic hydroxyl groups is 1. The molecule has 18 heavy (non-hydrogen) atoms. The summed E-state index contributed by atoms with van der Waals surface area (Å²) in [5, 5.41) is 10.6. The zero-order chi connectivity index (χ0) is 12.7. The van der Waals surface area contributed by atoms with E-state index in [1.807, 2.05) is 0 Å². The van der Waals surface area contributed by atoms with Crippen LogP contribution >= 0.6 is 22.9 Å². The van der Waals surface area contributed by atoms with Gasteiger partial charge in [-0.2, -0.15) is 0 Å². The molecule has 2 unspecified atom stereocenters. The van der Waals surface area contributed by atoms with Crippen molar-refractivity contribution in [3.63, 3.8) is 0 Å². The van der Waals surface area contributed by atoms with E-state index < -0.39 is 0 Å². The van der Waals surface area contributed by atoms with Crippen LogP contribution in [-0.4, -0.2) is 46.7 Å². The minimum atomic E-state index is -0.0196. The van der Waals surface area contributed by atoms with Crippen LogP contribution in [0.25, 0.3) is 0 Å². The van der Waals surface area contributed by atoms with Gasteiger partial charge in [-0.1, -0.05) is 22.9 Å². The van der Waals surface area contributed by atoms with Crippen LogP contribution in [0.1, 0.15) is 24.6 Å². The SMILES string of the molecule is CC1CN2CCCC2CN1c1nc(Cl)c(CO)s1. The molecular weight excluding hydrogens is 270 g/mol. The Morgan fingerprint density at radius 1 is 1.50 bits per heavy atom. The first-order valence-electron chi connectivity index (χ1n) is 6.46. The number of hydrogen-bond acceptors (Lipinski definition) is 5. The lowest BCUT2D eigenvalue weighted by molar-refractivity contribution is 0.203. The van der Waals surface area contributed by atoms with E-state index in [1.54, 1.807) is 0 Å². The molecule has 0 saturated carbocycles. The second kappa shape index (κ2) is 4.96. The number of piperazine rings is 1. The van der Waals surface area contributed by atoms with Gasteiger partial charge in [0.2, 0.25) is 0 Å². The van der Waals surface area contributed by atoms with Crippen molar-refractivity contribution in [2.45, 2.75) is 38.5 Å². The number of aromatic nitrogens is 1. The molecule has 3 rings (SSSR count). The predicted octanol–water partition coefficient (Wildman–Crippen LogP) is 1.96. The molecule has 2 saturated heterocycles. The Bertz CT molecular complexity index is 439. The maximum atomic E-state index is 9.21. The van der Waals surface area contributed by atoms with E-state index in [2.05, 4.69) is 21.7 Å². The van der Waals surface area contributed by atoms with Gasteiger partial charge in [-0.25, -0.2) is 4.98 Å². The topological polar surface area (TPSA) is 39.6 Å². The second-order valence-corrected chi connectivity index (χ2v) is 6.58. The van der Waals surface area contributed by atoms with Crippen LogP contribution in [-0.2, 0) is 6.61 Å². The third kappa shape index (κ3) is 2.13. The Kier molecular flexibility index (Phi) is 3.49. The van der Waals surface area contributed by atoms with E-state index in [1.165, 1.54) is 30.7 Å². The number of anilines is 1. The smallest absolute Gasteiger partial charge is 0.187 e. The molecule has 0 aliphatic carbocycles. The first-order chi connectivity index (χ1) is 8.69. The van der Waals surface area contributed by atoms with Crippen molar-refractivity contribution in [3.05, 3.63) is 10.0 Å². The van der Waals surface area contributed by atoms with Gasteiger partial charge in [0.15, 0.2) is 5.13 Å². The van der Waals surface area contributed by atoms with Crippen molar-refractivity contribution in [1.29, 1.82) is 0 Å². The molecule has 1 aromatic rings. The van der Waals surface area contributed by atoms with Gasteiger partial charge in [-0.05, 0) is 26.3 Å². The molecule has 2 fully saturated rings. The number of nitrogens with zero attached hydrogens (tertiary/aromatic N) is 3. The quantitative estimate of drug-likeness (QED) is 0.903. The van der Waals surface area contributed by atoms with E-state index in [0.29, 0.717) is 17.2 Å². The molecule has 0 aromatic carbocycles. The van der Waals surface area contributed by atoms with Crippen LogP contribution in [0, 0.1) is 0 Å². The fourth-order valence-corrected chi connectivity index (χ4v) is 4.22. The Morgan fingerprint density at radius 2 is 2.33 bits per heavy atom. The van der Waals surface area contributed by atoms with Crippen molar-refractivity contribution in [3.8, 4) is 0 Å². The van der Waals surface area contributed by atoms with Crippen molar-refractivity contribution in [2.75, 3.05) is 24.5 Å². The number of hydrogen-bond donors (Lipinski definition) is 1. The van der Waals surface area contributed by atoms with E-state index >= 15 is 0 Å². The lowest BCUT2D eigenvalue weighted by atomic mass is 10.1. The van der Waals surface area contributed by atoms with E-state index in [0.717, 1.165) is 23.1 Å². The molecule has 2 aliphatic heterocycles. The number of aliphatic hydroxyl groups excluding tert-OH is 1. The summed E-state index contributed by atoms with van der Waals surface area (Å²) in [5.74, 6) is 0. The molecule has 0 spiro atoms. The van der Waals surface area contributed by atoms with Gasteiger partial charge in [0.1, 0.15) is 5.15 Å². The largest absolute Gasteiger partial charge is 0.391 e. The van der Waals surface area contributed by atoms with Gasteiger partial charge >= 0.3 is 0 Å². The minimum Gasteiger partial charge on any atom is -0.391 e. The standard InChI is InChI=1S/C12H18ClN3OS/c1-8-5-15-4-2-3-9(15)6-16(8)12-14-11(13)10(7-17)18-12/h8-9,17H,2-7H2,1H3. The summed E-state index contributed by atoms with van der Waals surface area (Å²) >= 11 is 7.54. The van der Waals surface area contributed by atoms with Gasteiger partial charge in [0.25, 0.3) is 0 Å². The molecule has 0 amide bonds.